The number of amidine groups is 1. The molecule has 2 heterocycles. The molecule has 0 aliphatic carbocycles. The fourth-order valence-electron chi connectivity index (χ4n) is 1.76. The SMILES string of the molecule is N=C(N)c1cc2cc(OC(=O)c3ccsc3)ccc2o1. The Hall–Kier alpha value is -2.60. The fraction of sp³-hybridized carbons (Fsp3) is 0. The van der Waals surface area contributed by atoms with E-state index < -0.39 is 5.97 Å². The number of carbonyl (C=O) groups is 1. The average Bonchev–Trinajstić information content (AvgIpc) is 3.07. The molecule has 6 heteroatoms. The van der Waals surface area contributed by atoms with Crippen molar-refractivity contribution in [3.05, 3.63) is 52.4 Å². The van der Waals surface area contributed by atoms with E-state index in [1.165, 1.54) is 11.3 Å². The molecule has 3 aromatic rings. The zero-order valence-electron chi connectivity index (χ0n) is 10.3. The summed E-state index contributed by atoms with van der Waals surface area (Å²) < 4.78 is 10.7. The predicted octanol–water partition coefficient (Wildman–Crippen LogP) is 3.00. The molecule has 2 aromatic heterocycles. The number of hydrogen-bond donors (Lipinski definition) is 2. The van der Waals surface area contributed by atoms with Gasteiger partial charge in [0.25, 0.3) is 0 Å². The molecular weight excluding hydrogens is 276 g/mol. The van der Waals surface area contributed by atoms with Crippen LogP contribution in [0.3, 0.4) is 0 Å². The molecule has 0 amide bonds. The lowest BCUT2D eigenvalue weighted by Gasteiger charge is -2.02. The van der Waals surface area contributed by atoms with Crippen LogP contribution in [-0.2, 0) is 0 Å². The molecule has 0 unspecified atom stereocenters. The summed E-state index contributed by atoms with van der Waals surface area (Å²) in [5, 5.41) is 11.6. The van der Waals surface area contributed by atoms with E-state index in [1.807, 2.05) is 5.38 Å². The number of furan rings is 1. The Balaban J connectivity index is 1.89. The van der Waals surface area contributed by atoms with Crippen molar-refractivity contribution in [2.45, 2.75) is 0 Å². The molecule has 0 saturated carbocycles. The molecule has 5 nitrogen and oxygen atoms in total. The van der Waals surface area contributed by atoms with Gasteiger partial charge in [-0.2, -0.15) is 11.3 Å². The zero-order chi connectivity index (χ0) is 14.1. The Morgan fingerprint density at radius 3 is 2.85 bits per heavy atom. The number of nitrogen functional groups attached to an aromatic ring is 1. The lowest BCUT2D eigenvalue weighted by molar-refractivity contribution is 0.0735. The Morgan fingerprint density at radius 1 is 1.30 bits per heavy atom. The van der Waals surface area contributed by atoms with Gasteiger partial charge in [0.1, 0.15) is 11.3 Å². The molecular formula is C14H10N2O3S. The van der Waals surface area contributed by atoms with Crippen molar-refractivity contribution in [3.8, 4) is 5.75 Å². The number of carbonyl (C=O) groups excluding carboxylic acids is 1. The second kappa shape index (κ2) is 4.82. The van der Waals surface area contributed by atoms with E-state index in [4.69, 9.17) is 20.3 Å². The lowest BCUT2D eigenvalue weighted by atomic mass is 10.2. The van der Waals surface area contributed by atoms with Gasteiger partial charge >= 0.3 is 5.97 Å². The first-order chi connectivity index (χ1) is 9.63. The van der Waals surface area contributed by atoms with Crippen molar-refractivity contribution in [1.29, 1.82) is 5.41 Å². The first kappa shape index (κ1) is 12.4. The average molecular weight is 286 g/mol. The third-order valence-corrected chi connectivity index (χ3v) is 3.40. The van der Waals surface area contributed by atoms with Gasteiger partial charge in [-0.05, 0) is 35.7 Å². The first-order valence-corrected chi connectivity index (χ1v) is 6.70. The normalized spacial score (nSPS) is 10.6. The highest BCUT2D eigenvalue weighted by Gasteiger charge is 2.11. The van der Waals surface area contributed by atoms with Crippen LogP contribution in [0, 0.1) is 5.41 Å². The molecule has 0 fully saturated rings. The summed E-state index contributed by atoms with van der Waals surface area (Å²) in [5.41, 5.74) is 6.47. The van der Waals surface area contributed by atoms with Crippen molar-refractivity contribution in [1.82, 2.24) is 0 Å². The number of benzene rings is 1. The van der Waals surface area contributed by atoms with Crippen molar-refractivity contribution in [2.75, 3.05) is 0 Å². The second-order valence-corrected chi connectivity index (χ2v) is 4.91. The first-order valence-electron chi connectivity index (χ1n) is 5.76. The van der Waals surface area contributed by atoms with Gasteiger partial charge in [0.15, 0.2) is 11.6 Å². The molecule has 0 atom stereocenters. The molecule has 3 N–H and O–H groups in total. The number of thiophene rings is 1. The number of esters is 1. The van der Waals surface area contributed by atoms with Gasteiger partial charge in [0, 0.05) is 10.8 Å². The van der Waals surface area contributed by atoms with Crippen LogP contribution in [0.25, 0.3) is 11.0 Å². The molecule has 0 aliphatic rings. The summed E-state index contributed by atoms with van der Waals surface area (Å²) in [4.78, 5) is 11.8. The highest BCUT2D eigenvalue weighted by molar-refractivity contribution is 7.08. The fourth-order valence-corrected chi connectivity index (χ4v) is 2.39. The summed E-state index contributed by atoms with van der Waals surface area (Å²) in [6.45, 7) is 0. The zero-order valence-corrected chi connectivity index (χ0v) is 11.1. The summed E-state index contributed by atoms with van der Waals surface area (Å²) in [6.07, 6.45) is 0. The Bertz CT molecular complexity index is 790. The third-order valence-electron chi connectivity index (χ3n) is 2.72. The smallest absolute Gasteiger partial charge is 0.344 e. The van der Waals surface area contributed by atoms with Gasteiger partial charge < -0.3 is 14.9 Å². The minimum Gasteiger partial charge on any atom is -0.453 e. The molecule has 0 saturated heterocycles. The van der Waals surface area contributed by atoms with Crippen LogP contribution in [0.15, 0.2) is 45.5 Å². The van der Waals surface area contributed by atoms with Crippen LogP contribution >= 0.6 is 11.3 Å². The summed E-state index contributed by atoms with van der Waals surface area (Å²) in [6, 6.07) is 8.34. The van der Waals surface area contributed by atoms with Crippen LogP contribution < -0.4 is 10.5 Å². The highest BCUT2D eigenvalue weighted by Crippen LogP contribution is 2.25. The standard InChI is InChI=1S/C14H10N2O3S/c15-13(16)12-6-9-5-10(1-2-11(9)19-12)18-14(17)8-3-4-20-7-8/h1-7H,(H3,15,16). The van der Waals surface area contributed by atoms with Crippen LogP contribution in [0.4, 0.5) is 0 Å². The second-order valence-electron chi connectivity index (χ2n) is 4.13. The lowest BCUT2D eigenvalue weighted by Crippen LogP contribution is -2.09. The summed E-state index contributed by atoms with van der Waals surface area (Å²) >= 11 is 1.43. The van der Waals surface area contributed by atoms with E-state index in [1.54, 1.807) is 35.7 Å². The largest absolute Gasteiger partial charge is 0.453 e. The maximum absolute atomic E-state index is 11.8. The quantitative estimate of drug-likeness (QED) is 0.335. The molecule has 0 spiro atoms. The number of ether oxygens (including phenoxy) is 1. The van der Waals surface area contributed by atoms with Crippen LogP contribution in [-0.4, -0.2) is 11.8 Å². The van der Waals surface area contributed by atoms with Gasteiger partial charge in [0.05, 0.1) is 5.56 Å². The van der Waals surface area contributed by atoms with Crippen LogP contribution in [0.2, 0.25) is 0 Å². The predicted molar refractivity (Wildman–Crippen MR) is 76.5 cm³/mol. The van der Waals surface area contributed by atoms with Gasteiger partial charge in [-0.25, -0.2) is 4.79 Å². The molecule has 1 aromatic carbocycles. The van der Waals surface area contributed by atoms with E-state index in [-0.39, 0.29) is 5.84 Å². The third kappa shape index (κ3) is 2.28. The molecule has 0 bridgehead atoms. The highest BCUT2D eigenvalue weighted by atomic mass is 32.1. The number of hydrogen-bond acceptors (Lipinski definition) is 5. The van der Waals surface area contributed by atoms with Crippen LogP contribution in [0.1, 0.15) is 16.1 Å². The maximum atomic E-state index is 11.8. The van der Waals surface area contributed by atoms with E-state index >= 15 is 0 Å². The van der Waals surface area contributed by atoms with E-state index in [9.17, 15) is 4.79 Å². The number of fused-ring (bicyclic) bond motifs is 1. The Morgan fingerprint density at radius 2 is 2.15 bits per heavy atom. The molecule has 20 heavy (non-hydrogen) atoms. The Kier molecular flexibility index (Phi) is 3.00. The van der Waals surface area contributed by atoms with Gasteiger partial charge in [0.2, 0.25) is 0 Å². The minimum atomic E-state index is -0.402. The van der Waals surface area contributed by atoms with E-state index in [2.05, 4.69) is 0 Å². The van der Waals surface area contributed by atoms with Crippen molar-refractivity contribution in [2.24, 2.45) is 5.73 Å². The molecule has 100 valence electrons. The maximum Gasteiger partial charge on any atom is 0.344 e. The number of rotatable bonds is 3. The van der Waals surface area contributed by atoms with Crippen molar-refractivity contribution >= 4 is 34.1 Å². The number of nitrogens with two attached hydrogens (primary N) is 1. The number of nitrogens with one attached hydrogen (secondary N) is 1. The Labute approximate surface area is 118 Å². The minimum absolute atomic E-state index is 0.141. The molecule has 0 radical (unpaired) electrons. The molecule has 0 aliphatic heterocycles. The summed E-state index contributed by atoms with van der Waals surface area (Å²) in [7, 11) is 0. The van der Waals surface area contributed by atoms with Gasteiger partial charge in [-0.3, -0.25) is 5.41 Å². The topological polar surface area (TPSA) is 89.3 Å². The van der Waals surface area contributed by atoms with Gasteiger partial charge in [-0.1, -0.05) is 0 Å². The van der Waals surface area contributed by atoms with Crippen molar-refractivity contribution < 1.29 is 13.9 Å². The van der Waals surface area contributed by atoms with Crippen molar-refractivity contribution in [3.63, 3.8) is 0 Å². The molecule has 3 rings (SSSR count). The van der Waals surface area contributed by atoms with Crippen LogP contribution in [0.5, 0.6) is 5.75 Å². The van der Waals surface area contributed by atoms with E-state index in [0.29, 0.717) is 22.7 Å². The van der Waals surface area contributed by atoms with E-state index in [0.717, 1.165) is 5.39 Å². The summed E-state index contributed by atoms with van der Waals surface area (Å²) in [5.74, 6) is 0.171. The monoisotopic (exact) mass is 286 g/mol. The van der Waals surface area contributed by atoms with Gasteiger partial charge in [-0.15, -0.1) is 0 Å².